The maximum absolute atomic E-state index is 4.90. The topological polar surface area (TPSA) is 12.9 Å². The second kappa shape index (κ2) is 5.41. The molecule has 0 saturated carbocycles. The summed E-state index contributed by atoms with van der Waals surface area (Å²) in [5, 5.41) is 2.79. The Balaban J connectivity index is 2.02. The molecule has 0 saturated heterocycles. The molecular formula is C19H25NSi. The van der Waals surface area contributed by atoms with Crippen LogP contribution in [0.15, 0.2) is 36.4 Å². The van der Waals surface area contributed by atoms with Gasteiger partial charge in [-0.25, -0.2) is 4.98 Å². The molecule has 2 aromatic rings. The second-order valence-corrected chi connectivity index (χ2v) is 12.5. The summed E-state index contributed by atoms with van der Waals surface area (Å²) in [7, 11) is -1.24. The van der Waals surface area contributed by atoms with Gasteiger partial charge in [0.1, 0.15) is 0 Å². The Labute approximate surface area is 129 Å². The molecular weight excluding hydrogens is 270 g/mol. The number of aromatic nitrogens is 1. The summed E-state index contributed by atoms with van der Waals surface area (Å²) in [5.41, 5.74) is 3.74. The molecule has 1 unspecified atom stereocenters. The highest BCUT2D eigenvalue weighted by Crippen LogP contribution is 2.29. The molecule has 110 valence electrons. The Kier molecular flexibility index (Phi) is 3.74. The van der Waals surface area contributed by atoms with Gasteiger partial charge in [0.05, 0.1) is 19.3 Å². The minimum atomic E-state index is -1.24. The van der Waals surface area contributed by atoms with Crippen LogP contribution in [0.1, 0.15) is 31.9 Å². The third-order valence-electron chi connectivity index (χ3n) is 4.48. The maximum atomic E-state index is 4.90. The van der Waals surface area contributed by atoms with Crippen LogP contribution in [-0.4, -0.2) is 13.1 Å². The monoisotopic (exact) mass is 295 g/mol. The fourth-order valence-corrected chi connectivity index (χ4v) is 4.28. The molecule has 1 heterocycles. The first-order chi connectivity index (χ1) is 9.93. The number of hydrogen-bond acceptors (Lipinski definition) is 1. The van der Waals surface area contributed by atoms with Gasteiger partial charge < -0.3 is 0 Å². The molecule has 0 amide bonds. The standard InChI is InChI=1S/C19H25NSi/c1-14-6-5-7-15(12-14)18-10-8-16-13-17(21(2,3)4)9-11-19(16)20-18/h8-14H,5-7H2,1-4H3. The van der Waals surface area contributed by atoms with Crippen LogP contribution in [0.5, 0.6) is 0 Å². The largest absolute Gasteiger partial charge is 0.248 e. The number of fused-ring (bicyclic) bond motifs is 1. The quantitative estimate of drug-likeness (QED) is 0.712. The summed E-state index contributed by atoms with van der Waals surface area (Å²) < 4.78 is 0. The van der Waals surface area contributed by atoms with Gasteiger partial charge >= 0.3 is 0 Å². The van der Waals surface area contributed by atoms with E-state index >= 15 is 0 Å². The van der Waals surface area contributed by atoms with Gasteiger partial charge in [-0.1, -0.05) is 56.0 Å². The molecule has 1 aliphatic rings. The van der Waals surface area contributed by atoms with Crippen molar-refractivity contribution in [3.05, 3.63) is 42.1 Å². The summed E-state index contributed by atoms with van der Waals surface area (Å²) in [4.78, 5) is 4.90. The zero-order chi connectivity index (χ0) is 15.0. The van der Waals surface area contributed by atoms with E-state index in [2.05, 4.69) is 63.0 Å². The first kappa shape index (κ1) is 14.5. The number of allylic oxidation sites excluding steroid dienone is 2. The van der Waals surface area contributed by atoms with Crippen molar-refractivity contribution in [2.24, 2.45) is 5.92 Å². The molecule has 2 heteroatoms. The van der Waals surface area contributed by atoms with E-state index in [-0.39, 0.29) is 0 Å². The van der Waals surface area contributed by atoms with E-state index < -0.39 is 8.07 Å². The zero-order valence-electron chi connectivity index (χ0n) is 13.6. The first-order valence-corrected chi connectivity index (χ1v) is 11.6. The van der Waals surface area contributed by atoms with E-state index in [0.717, 1.165) is 5.52 Å². The molecule has 1 aliphatic carbocycles. The van der Waals surface area contributed by atoms with Crippen molar-refractivity contribution in [2.75, 3.05) is 0 Å². The molecule has 0 fully saturated rings. The summed E-state index contributed by atoms with van der Waals surface area (Å²) in [6.07, 6.45) is 6.20. The molecule has 0 radical (unpaired) electrons. The van der Waals surface area contributed by atoms with E-state index in [1.807, 2.05) is 0 Å². The molecule has 1 nitrogen and oxygen atoms in total. The van der Waals surface area contributed by atoms with Crippen molar-refractivity contribution in [3.8, 4) is 0 Å². The summed E-state index contributed by atoms with van der Waals surface area (Å²) in [6, 6.07) is 11.3. The second-order valence-electron chi connectivity index (χ2n) is 7.42. The number of rotatable bonds is 2. The van der Waals surface area contributed by atoms with Crippen molar-refractivity contribution < 1.29 is 0 Å². The maximum Gasteiger partial charge on any atom is 0.0776 e. The summed E-state index contributed by atoms with van der Waals surface area (Å²) in [6.45, 7) is 9.49. The van der Waals surface area contributed by atoms with Gasteiger partial charge in [0.15, 0.2) is 0 Å². The molecule has 0 aliphatic heterocycles. The fraction of sp³-hybridized carbons (Fsp3) is 0.421. The van der Waals surface area contributed by atoms with Gasteiger partial charge in [-0.3, -0.25) is 0 Å². The molecule has 1 atom stereocenters. The highest BCUT2D eigenvalue weighted by molar-refractivity contribution is 6.88. The predicted molar refractivity (Wildman–Crippen MR) is 95.7 cm³/mol. The van der Waals surface area contributed by atoms with Crippen molar-refractivity contribution in [1.29, 1.82) is 0 Å². The van der Waals surface area contributed by atoms with Gasteiger partial charge in [-0.15, -0.1) is 0 Å². The molecule has 1 aromatic carbocycles. The summed E-state index contributed by atoms with van der Waals surface area (Å²) >= 11 is 0. The van der Waals surface area contributed by atoms with E-state index in [9.17, 15) is 0 Å². The lowest BCUT2D eigenvalue weighted by atomic mass is 9.90. The molecule has 3 rings (SSSR count). The lowest BCUT2D eigenvalue weighted by Gasteiger charge is -2.19. The van der Waals surface area contributed by atoms with Crippen molar-refractivity contribution in [2.45, 2.75) is 45.8 Å². The lowest BCUT2D eigenvalue weighted by Crippen LogP contribution is -2.37. The number of nitrogens with zero attached hydrogens (tertiary/aromatic N) is 1. The molecule has 0 N–H and O–H groups in total. The zero-order valence-corrected chi connectivity index (χ0v) is 14.6. The highest BCUT2D eigenvalue weighted by atomic mass is 28.3. The molecule has 0 bridgehead atoms. The smallest absolute Gasteiger partial charge is 0.0776 e. The van der Waals surface area contributed by atoms with Crippen LogP contribution in [0.25, 0.3) is 16.5 Å². The minimum absolute atomic E-state index is 0.695. The van der Waals surface area contributed by atoms with Crippen LogP contribution < -0.4 is 5.19 Å². The summed E-state index contributed by atoms with van der Waals surface area (Å²) in [5.74, 6) is 0.695. The number of hydrogen-bond donors (Lipinski definition) is 0. The van der Waals surface area contributed by atoms with E-state index in [0.29, 0.717) is 5.92 Å². The van der Waals surface area contributed by atoms with Gasteiger partial charge in [0, 0.05) is 5.39 Å². The molecule has 1 aromatic heterocycles. The Morgan fingerprint density at radius 2 is 1.90 bits per heavy atom. The van der Waals surface area contributed by atoms with E-state index in [1.54, 1.807) is 0 Å². The average molecular weight is 296 g/mol. The average Bonchev–Trinajstić information content (AvgIpc) is 2.45. The third-order valence-corrected chi connectivity index (χ3v) is 6.52. The van der Waals surface area contributed by atoms with Gasteiger partial charge in [-0.2, -0.15) is 0 Å². The first-order valence-electron chi connectivity index (χ1n) is 8.06. The lowest BCUT2D eigenvalue weighted by molar-refractivity contribution is 0.592. The van der Waals surface area contributed by atoms with Crippen molar-refractivity contribution >= 4 is 29.7 Å². The molecule has 21 heavy (non-hydrogen) atoms. The Hall–Kier alpha value is -1.41. The van der Waals surface area contributed by atoms with Crippen molar-refractivity contribution in [3.63, 3.8) is 0 Å². The van der Waals surface area contributed by atoms with Gasteiger partial charge in [0.25, 0.3) is 0 Å². The predicted octanol–water partition coefficient (Wildman–Crippen LogP) is 4.98. The SMILES string of the molecule is CC1C=C(c2ccc3cc([Si](C)(C)C)ccc3n2)CCC1. The number of benzene rings is 1. The van der Waals surface area contributed by atoms with Crippen LogP contribution in [0, 0.1) is 5.92 Å². The van der Waals surface area contributed by atoms with Crippen LogP contribution in [0.3, 0.4) is 0 Å². The Bertz CT molecular complexity index is 694. The van der Waals surface area contributed by atoms with Gasteiger partial charge in [-0.05, 0) is 42.9 Å². The van der Waals surface area contributed by atoms with Gasteiger partial charge in [0.2, 0.25) is 0 Å². The normalized spacial score (nSPS) is 19.6. The van der Waals surface area contributed by atoms with Crippen LogP contribution in [0.4, 0.5) is 0 Å². The van der Waals surface area contributed by atoms with Crippen LogP contribution >= 0.6 is 0 Å². The van der Waals surface area contributed by atoms with Crippen LogP contribution in [-0.2, 0) is 0 Å². The number of pyridine rings is 1. The Morgan fingerprint density at radius 1 is 1.10 bits per heavy atom. The fourth-order valence-electron chi connectivity index (χ4n) is 3.11. The Morgan fingerprint density at radius 3 is 2.62 bits per heavy atom. The van der Waals surface area contributed by atoms with Crippen LogP contribution in [0.2, 0.25) is 19.6 Å². The van der Waals surface area contributed by atoms with E-state index in [1.165, 1.54) is 41.1 Å². The van der Waals surface area contributed by atoms with Crippen molar-refractivity contribution in [1.82, 2.24) is 4.98 Å². The third kappa shape index (κ3) is 3.10. The van der Waals surface area contributed by atoms with E-state index in [4.69, 9.17) is 4.98 Å². The minimum Gasteiger partial charge on any atom is -0.248 e. The highest BCUT2D eigenvalue weighted by Gasteiger charge is 2.17. The molecule has 0 spiro atoms.